The number of amides is 2. The standard InChI is InChI=1S/C15H23N5O2/c1-11(2)9-16-14-8-13(17-10-18-14)15(22)20-6-4-19(5-7-20)12(3)21/h8,10-11H,4-7,9H2,1-3H3,(H,16,17,18). The number of rotatable bonds is 4. The van der Waals surface area contributed by atoms with E-state index in [1.54, 1.807) is 22.8 Å². The maximum atomic E-state index is 12.5. The first-order chi connectivity index (χ1) is 10.5. The maximum Gasteiger partial charge on any atom is 0.272 e. The van der Waals surface area contributed by atoms with Gasteiger partial charge in [-0.1, -0.05) is 13.8 Å². The van der Waals surface area contributed by atoms with Gasteiger partial charge in [0.15, 0.2) is 0 Å². The summed E-state index contributed by atoms with van der Waals surface area (Å²) in [6, 6.07) is 1.68. The Balaban J connectivity index is 1.98. The molecule has 0 unspecified atom stereocenters. The van der Waals surface area contributed by atoms with Crippen molar-refractivity contribution in [1.82, 2.24) is 19.8 Å². The zero-order valence-electron chi connectivity index (χ0n) is 13.4. The van der Waals surface area contributed by atoms with Crippen LogP contribution >= 0.6 is 0 Å². The van der Waals surface area contributed by atoms with E-state index >= 15 is 0 Å². The maximum absolute atomic E-state index is 12.5. The molecular weight excluding hydrogens is 282 g/mol. The number of nitrogens with one attached hydrogen (secondary N) is 1. The highest BCUT2D eigenvalue weighted by atomic mass is 16.2. The number of carbonyl (C=O) groups is 2. The summed E-state index contributed by atoms with van der Waals surface area (Å²) in [5, 5.41) is 3.19. The fourth-order valence-corrected chi connectivity index (χ4v) is 2.27. The predicted octanol–water partition coefficient (Wildman–Crippen LogP) is 0.849. The van der Waals surface area contributed by atoms with Crippen LogP contribution in [-0.2, 0) is 4.79 Å². The molecule has 0 bridgehead atoms. The van der Waals surface area contributed by atoms with Gasteiger partial charge < -0.3 is 15.1 Å². The van der Waals surface area contributed by atoms with Crippen LogP contribution in [0, 0.1) is 5.92 Å². The highest BCUT2D eigenvalue weighted by Crippen LogP contribution is 2.10. The quantitative estimate of drug-likeness (QED) is 0.892. The SMILES string of the molecule is CC(=O)N1CCN(C(=O)c2cc(NCC(C)C)ncn2)CC1. The summed E-state index contributed by atoms with van der Waals surface area (Å²) in [5.41, 5.74) is 0.387. The molecular formula is C15H23N5O2. The van der Waals surface area contributed by atoms with Crippen molar-refractivity contribution >= 4 is 17.6 Å². The summed E-state index contributed by atoms with van der Waals surface area (Å²) < 4.78 is 0. The van der Waals surface area contributed by atoms with Crippen LogP contribution in [0.3, 0.4) is 0 Å². The van der Waals surface area contributed by atoms with Crippen molar-refractivity contribution in [2.45, 2.75) is 20.8 Å². The predicted molar refractivity (Wildman–Crippen MR) is 83.5 cm³/mol. The summed E-state index contributed by atoms with van der Waals surface area (Å²) in [7, 11) is 0. The number of aromatic nitrogens is 2. The summed E-state index contributed by atoms with van der Waals surface area (Å²) in [6.07, 6.45) is 1.40. The van der Waals surface area contributed by atoms with E-state index in [1.807, 2.05) is 0 Å². The normalized spacial score (nSPS) is 15.1. The number of hydrogen-bond acceptors (Lipinski definition) is 5. The summed E-state index contributed by atoms with van der Waals surface area (Å²) in [5.74, 6) is 1.09. The number of anilines is 1. The van der Waals surface area contributed by atoms with Gasteiger partial charge in [-0.15, -0.1) is 0 Å². The van der Waals surface area contributed by atoms with Gasteiger partial charge in [0.05, 0.1) is 0 Å². The van der Waals surface area contributed by atoms with Crippen molar-refractivity contribution in [3.8, 4) is 0 Å². The second kappa shape index (κ2) is 7.20. The molecule has 120 valence electrons. The fourth-order valence-electron chi connectivity index (χ4n) is 2.27. The summed E-state index contributed by atoms with van der Waals surface area (Å²) in [6.45, 7) is 8.78. The molecule has 1 N–H and O–H groups in total. The Morgan fingerprint density at radius 3 is 2.41 bits per heavy atom. The van der Waals surface area contributed by atoms with Crippen LogP contribution in [0.15, 0.2) is 12.4 Å². The van der Waals surface area contributed by atoms with Crippen LogP contribution in [0.25, 0.3) is 0 Å². The Hall–Kier alpha value is -2.18. The molecule has 2 rings (SSSR count). The first-order valence-corrected chi connectivity index (χ1v) is 7.58. The van der Waals surface area contributed by atoms with Crippen LogP contribution in [0.4, 0.5) is 5.82 Å². The van der Waals surface area contributed by atoms with Crippen molar-refractivity contribution < 1.29 is 9.59 Å². The van der Waals surface area contributed by atoms with Crippen LogP contribution in [0.2, 0.25) is 0 Å². The van der Waals surface area contributed by atoms with Gasteiger partial charge in [0.25, 0.3) is 5.91 Å². The van der Waals surface area contributed by atoms with Crippen LogP contribution in [-0.4, -0.2) is 64.3 Å². The molecule has 0 aliphatic carbocycles. The van der Waals surface area contributed by atoms with E-state index in [0.29, 0.717) is 43.6 Å². The van der Waals surface area contributed by atoms with Crippen molar-refractivity contribution in [2.24, 2.45) is 5.92 Å². The van der Waals surface area contributed by atoms with Gasteiger partial charge in [0.1, 0.15) is 17.8 Å². The molecule has 1 aromatic heterocycles. The van der Waals surface area contributed by atoms with Crippen molar-refractivity contribution in [3.05, 3.63) is 18.1 Å². The van der Waals surface area contributed by atoms with E-state index in [-0.39, 0.29) is 11.8 Å². The number of carbonyl (C=O) groups excluding carboxylic acids is 2. The van der Waals surface area contributed by atoms with E-state index in [4.69, 9.17) is 0 Å². The zero-order chi connectivity index (χ0) is 16.1. The van der Waals surface area contributed by atoms with E-state index in [2.05, 4.69) is 29.1 Å². The molecule has 7 heteroatoms. The molecule has 0 spiro atoms. The Morgan fingerprint density at radius 1 is 1.18 bits per heavy atom. The minimum absolute atomic E-state index is 0.0503. The molecule has 2 heterocycles. The topological polar surface area (TPSA) is 78.4 Å². The van der Waals surface area contributed by atoms with Gasteiger partial charge in [0, 0.05) is 45.7 Å². The lowest BCUT2D eigenvalue weighted by molar-refractivity contribution is -0.130. The average Bonchev–Trinajstić information content (AvgIpc) is 2.52. The second-order valence-corrected chi connectivity index (χ2v) is 5.86. The number of nitrogens with zero attached hydrogens (tertiary/aromatic N) is 4. The first kappa shape index (κ1) is 16.2. The van der Waals surface area contributed by atoms with Crippen molar-refractivity contribution in [3.63, 3.8) is 0 Å². The van der Waals surface area contributed by atoms with Crippen molar-refractivity contribution in [2.75, 3.05) is 38.0 Å². The third-order valence-electron chi connectivity index (χ3n) is 3.59. The molecule has 0 aromatic carbocycles. The molecule has 1 saturated heterocycles. The van der Waals surface area contributed by atoms with Gasteiger partial charge in [0.2, 0.25) is 5.91 Å². The number of piperazine rings is 1. The lowest BCUT2D eigenvalue weighted by Crippen LogP contribution is -2.50. The molecule has 0 radical (unpaired) electrons. The molecule has 1 aromatic rings. The minimum Gasteiger partial charge on any atom is -0.370 e. The molecule has 1 aliphatic heterocycles. The van der Waals surface area contributed by atoms with Gasteiger partial charge in [-0.2, -0.15) is 0 Å². The summed E-state index contributed by atoms with van der Waals surface area (Å²) in [4.78, 5) is 35.5. The molecule has 7 nitrogen and oxygen atoms in total. The Bertz CT molecular complexity index is 538. The van der Waals surface area contributed by atoms with E-state index in [1.165, 1.54) is 6.33 Å². The second-order valence-electron chi connectivity index (χ2n) is 5.86. The highest BCUT2D eigenvalue weighted by molar-refractivity contribution is 5.93. The van der Waals surface area contributed by atoms with Crippen LogP contribution in [0.1, 0.15) is 31.3 Å². The zero-order valence-corrected chi connectivity index (χ0v) is 13.4. The van der Waals surface area contributed by atoms with Gasteiger partial charge in [-0.25, -0.2) is 9.97 Å². The highest BCUT2D eigenvalue weighted by Gasteiger charge is 2.24. The molecule has 0 atom stereocenters. The minimum atomic E-state index is -0.113. The summed E-state index contributed by atoms with van der Waals surface area (Å²) >= 11 is 0. The molecule has 0 saturated carbocycles. The Labute approximate surface area is 130 Å². The van der Waals surface area contributed by atoms with Gasteiger partial charge >= 0.3 is 0 Å². The largest absolute Gasteiger partial charge is 0.370 e. The number of hydrogen-bond donors (Lipinski definition) is 1. The molecule has 22 heavy (non-hydrogen) atoms. The lowest BCUT2D eigenvalue weighted by atomic mass is 10.2. The smallest absolute Gasteiger partial charge is 0.272 e. The molecule has 1 aliphatic rings. The van der Waals surface area contributed by atoms with E-state index in [9.17, 15) is 9.59 Å². The van der Waals surface area contributed by atoms with Crippen LogP contribution in [0.5, 0.6) is 0 Å². The first-order valence-electron chi connectivity index (χ1n) is 7.58. The lowest BCUT2D eigenvalue weighted by Gasteiger charge is -2.34. The monoisotopic (exact) mass is 305 g/mol. The Kier molecular flexibility index (Phi) is 5.30. The van der Waals surface area contributed by atoms with Crippen molar-refractivity contribution in [1.29, 1.82) is 0 Å². The third-order valence-corrected chi connectivity index (χ3v) is 3.59. The van der Waals surface area contributed by atoms with E-state index in [0.717, 1.165) is 6.54 Å². The third kappa shape index (κ3) is 4.16. The Morgan fingerprint density at radius 2 is 1.82 bits per heavy atom. The fraction of sp³-hybridized carbons (Fsp3) is 0.600. The molecule has 2 amide bonds. The van der Waals surface area contributed by atoms with Gasteiger partial charge in [-0.3, -0.25) is 9.59 Å². The average molecular weight is 305 g/mol. The van der Waals surface area contributed by atoms with E-state index < -0.39 is 0 Å². The van der Waals surface area contributed by atoms with Crippen LogP contribution < -0.4 is 5.32 Å². The molecule has 1 fully saturated rings. The van der Waals surface area contributed by atoms with Gasteiger partial charge in [-0.05, 0) is 5.92 Å².